The van der Waals surface area contributed by atoms with Crippen LogP contribution in [0.15, 0.2) is 16.7 Å². The summed E-state index contributed by atoms with van der Waals surface area (Å²) in [5, 5.41) is 6.41. The fraction of sp³-hybridized carbons (Fsp3) is 0.167. The molecular weight excluding hydrogens is 265 g/mol. The van der Waals surface area contributed by atoms with E-state index in [1.807, 2.05) is 0 Å². The van der Waals surface area contributed by atoms with E-state index in [-0.39, 0.29) is 16.0 Å². The highest BCUT2D eigenvalue weighted by molar-refractivity contribution is 9.10. The Morgan fingerprint density at radius 2 is 2.00 bits per heavy atom. The first-order valence-electron chi connectivity index (χ1n) is 3.42. The first-order valence-corrected chi connectivity index (χ1v) is 4.22. The van der Waals surface area contributed by atoms with Crippen molar-refractivity contribution >= 4 is 27.1 Å². The summed E-state index contributed by atoms with van der Waals surface area (Å²) < 4.78 is 36.9. The molecule has 0 saturated heterocycles. The van der Waals surface area contributed by atoms with Gasteiger partial charge in [-0.05, 0) is 22.0 Å². The van der Waals surface area contributed by atoms with Crippen LogP contribution in [0.25, 0.3) is 11.2 Å². The van der Waals surface area contributed by atoms with Gasteiger partial charge in [0.2, 0.25) is 5.65 Å². The lowest BCUT2D eigenvalue weighted by Gasteiger charge is -2.00. The van der Waals surface area contributed by atoms with Crippen LogP contribution in [0.4, 0.5) is 13.2 Å². The fourth-order valence-electron chi connectivity index (χ4n) is 0.900. The number of pyridine rings is 1. The van der Waals surface area contributed by atoms with Gasteiger partial charge in [0, 0.05) is 10.7 Å². The zero-order chi connectivity index (χ0) is 10.3. The molecule has 2 aromatic heterocycles. The molecular formula is C6H2BrF3N4. The van der Waals surface area contributed by atoms with Crippen LogP contribution in [0, 0.1) is 0 Å². The van der Waals surface area contributed by atoms with Gasteiger partial charge < -0.3 is 0 Å². The normalized spacial score (nSPS) is 12.3. The standard InChI is InChI=1S/C6H2BrF3N4/c7-3-1-4-5(11-2-3)13-14(12-4)6(8,9)10/h1-2H. The van der Waals surface area contributed by atoms with E-state index in [1.54, 1.807) is 0 Å². The molecule has 8 heteroatoms. The van der Waals surface area contributed by atoms with Gasteiger partial charge in [0.15, 0.2) is 0 Å². The quantitative estimate of drug-likeness (QED) is 0.733. The van der Waals surface area contributed by atoms with E-state index in [4.69, 9.17) is 0 Å². The predicted octanol–water partition coefficient (Wildman–Crippen LogP) is 2.07. The predicted molar refractivity (Wildman–Crippen MR) is 44.3 cm³/mol. The van der Waals surface area contributed by atoms with E-state index in [9.17, 15) is 13.2 Å². The number of halogens is 4. The molecule has 2 aromatic rings. The number of aromatic nitrogens is 4. The van der Waals surface area contributed by atoms with Crippen molar-refractivity contribution < 1.29 is 13.2 Å². The Bertz CT molecular complexity index is 477. The van der Waals surface area contributed by atoms with Gasteiger partial charge in [-0.25, -0.2) is 4.98 Å². The van der Waals surface area contributed by atoms with E-state index in [1.165, 1.54) is 12.3 Å². The molecule has 0 radical (unpaired) electrons. The number of alkyl halides is 3. The van der Waals surface area contributed by atoms with Gasteiger partial charge >= 0.3 is 6.30 Å². The zero-order valence-corrected chi connectivity index (χ0v) is 8.04. The number of nitrogens with zero attached hydrogens (tertiary/aromatic N) is 4. The van der Waals surface area contributed by atoms with Crippen molar-refractivity contribution in [3.05, 3.63) is 16.7 Å². The molecule has 2 rings (SSSR count). The maximum Gasteiger partial charge on any atom is 0.521 e. The van der Waals surface area contributed by atoms with Gasteiger partial charge in [-0.1, -0.05) is 4.80 Å². The smallest absolute Gasteiger partial charge is 0.232 e. The fourth-order valence-corrected chi connectivity index (χ4v) is 1.22. The Balaban J connectivity index is 2.63. The molecule has 0 aliphatic heterocycles. The maximum atomic E-state index is 12.1. The van der Waals surface area contributed by atoms with Crippen molar-refractivity contribution in [3.63, 3.8) is 0 Å². The first kappa shape index (κ1) is 9.38. The van der Waals surface area contributed by atoms with Gasteiger partial charge in [-0.15, -0.1) is 23.4 Å². The Morgan fingerprint density at radius 3 is 2.64 bits per heavy atom. The highest BCUT2D eigenvalue weighted by atomic mass is 79.9. The Labute approximate surface area is 83.9 Å². The van der Waals surface area contributed by atoms with E-state index in [2.05, 4.69) is 31.1 Å². The van der Waals surface area contributed by atoms with Crippen LogP contribution in [0.5, 0.6) is 0 Å². The zero-order valence-electron chi connectivity index (χ0n) is 6.46. The van der Waals surface area contributed by atoms with Gasteiger partial charge in [0.25, 0.3) is 0 Å². The van der Waals surface area contributed by atoms with Gasteiger partial charge in [0.05, 0.1) is 0 Å². The second-order valence-corrected chi connectivity index (χ2v) is 3.37. The van der Waals surface area contributed by atoms with Crippen molar-refractivity contribution in [2.24, 2.45) is 0 Å². The molecule has 0 atom stereocenters. The van der Waals surface area contributed by atoms with E-state index in [0.717, 1.165) is 0 Å². The molecule has 14 heavy (non-hydrogen) atoms. The van der Waals surface area contributed by atoms with Crippen LogP contribution in [0.3, 0.4) is 0 Å². The molecule has 4 nitrogen and oxygen atoms in total. The van der Waals surface area contributed by atoms with Gasteiger partial charge in [-0.3, -0.25) is 0 Å². The number of rotatable bonds is 0. The minimum absolute atomic E-state index is 0.0366. The topological polar surface area (TPSA) is 43.6 Å². The Kier molecular flexibility index (Phi) is 1.95. The average Bonchev–Trinajstić information content (AvgIpc) is 2.45. The Hall–Kier alpha value is -1.18. The van der Waals surface area contributed by atoms with Crippen LogP contribution in [-0.2, 0) is 6.30 Å². The molecule has 0 amide bonds. The van der Waals surface area contributed by atoms with Crippen LogP contribution in [-0.4, -0.2) is 20.0 Å². The first-order chi connectivity index (χ1) is 6.47. The summed E-state index contributed by atoms with van der Waals surface area (Å²) in [4.78, 5) is 3.37. The van der Waals surface area contributed by atoms with Crippen molar-refractivity contribution in [2.45, 2.75) is 6.30 Å². The number of hydrogen-bond acceptors (Lipinski definition) is 3. The van der Waals surface area contributed by atoms with Crippen LogP contribution < -0.4 is 0 Å². The number of fused-ring (bicyclic) bond motifs is 1. The molecule has 0 spiro atoms. The van der Waals surface area contributed by atoms with Crippen molar-refractivity contribution in [1.29, 1.82) is 0 Å². The minimum Gasteiger partial charge on any atom is -0.232 e. The Morgan fingerprint density at radius 1 is 1.29 bits per heavy atom. The lowest BCUT2D eigenvalue weighted by Crippen LogP contribution is -2.19. The molecule has 0 N–H and O–H groups in total. The van der Waals surface area contributed by atoms with Crippen LogP contribution in [0.1, 0.15) is 0 Å². The monoisotopic (exact) mass is 266 g/mol. The largest absolute Gasteiger partial charge is 0.521 e. The summed E-state index contributed by atoms with van der Waals surface area (Å²) in [5.74, 6) is 0. The van der Waals surface area contributed by atoms with E-state index in [0.29, 0.717) is 4.47 Å². The average molecular weight is 267 g/mol. The lowest BCUT2D eigenvalue weighted by atomic mass is 10.4. The number of hydrogen-bond donors (Lipinski definition) is 0. The minimum atomic E-state index is -4.60. The highest BCUT2D eigenvalue weighted by Crippen LogP contribution is 2.22. The lowest BCUT2D eigenvalue weighted by molar-refractivity contribution is -0.220. The highest BCUT2D eigenvalue weighted by Gasteiger charge is 2.34. The second-order valence-electron chi connectivity index (χ2n) is 2.45. The van der Waals surface area contributed by atoms with Crippen molar-refractivity contribution in [1.82, 2.24) is 20.0 Å². The summed E-state index contributed by atoms with van der Waals surface area (Å²) in [6, 6.07) is 1.41. The van der Waals surface area contributed by atoms with Crippen LogP contribution in [0.2, 0.25) is 0 Å². The third-order valence-electron chi connectivity index (χ3n) is 1.43. The molecule has 0 unspecified atom stereocenters. The molecule has 2 heterocycles. The summed E-state index contributed by atoms with van der Waals surface area (Å²) in [5.41, 5.74) is 0.0576. The van der Waals surface area contributed by atoms with Gasteiger partial charge in [0.1, 0.15) is 5.52 Å². The molecule has 74 valence electrons. The molecule has 0 fully saturated rings. The second kappa shape index (κ2) is 2.91. The molecule has 0 bridgehead atoms. The summed E-state index contributed by atoms with van der Waals surface area (Å²) in [6.07, 6.45) is -3.25. The van der Waals surface area contributed by atoms with E-state index < -0.39 is 6.30 Å². The summed E-state index contributed by atoms with van der Waals surface area (Å²) in [6.45, 7) is 0. The molecule has 0 saturated carbocycles. The molecule has 0 aliphatic rings. The summed E-state index contributed by atoms with van der Waals surface area (Å²) >= 11 is 3.07. The maximum absolute atomic E-state index is 12.1. The summed E-state index contributed by atoms with van der Waals surface area (Å²) in [7, 11) is 0. The molecule has 0 aromatic carbocycles. The van der Waals surface area contributed by atoms with E-state index >= 15 is 0 Å². The molecule has 0 aliphatic carbocycles. The SMILES string of the molecule is FC(F)(F)n1nc2cc(Br)cnc2n1. The third-order valence-corrected chi connectivity index (χ3v) is 1.87. The van der Waals surface area contributed by atoms with Crippen molar-refractivity contribution in [3.8, 4) is 0 Å². The van der Waals surface area contributed by atoms with Crippen LogP contribution >= 0.6 is 15.9 Å². The van der Waals surface area contributed by atoms with Crippen molar-refractivity contribution in [2.75, 3.05) is 0 Å². The third kappa shape index (κ3) is 1.57. The van der Waals surface area contributed by atoms with Gasteiger partial charge in [-0.2, -0.15) is 0 Å².